The molecule has 0 radical (unpaired) electrons. The van der Waals surface area contributed by atoms with Gasteiger partial charge in [-0.25, -0.2) is 0 Å². The Kier molecular flexibility index (Phi) is 6.86. The molecule has 0 saturated heterocycles. The first kappa shape index (κ1) is 21.7. The van der Waals surface area contributed by atoms with Crippen LogP contribution in [0.4, 0.5) is 5.69 Å². The Morgan fingerprint density at radius 2 is 1.86 bits per heavy atom. The van der Waals surface area contributed by atoms with E-state index in [1.165, 1.54) is 5.56 Å². The summed E-state index contributed by atoms with van der Waals surface area (Å²) in [7, 11) is 5.73. The van der Waals surface area contributed by atoms with Crippen LogP contribution in [-0.2, 0) is 11.2 Å². The van der Waals surface area contributed by atoms with Crippen LogP contribution in [0.2, 0.25) is 5.02 Å². The van der Waals surface area contributed by atoms with Gasteiger partial charge in [0.1, 0.15) is 5.75 Å². The van der Waals surface area contributed by atoms with E-state index in [4.69, 9.17) is 16.3 Å². The Morgan fingerprint density at radius 3 is 2.45 bits per heavy atom. The molecule has 0 bridgehead atoms. The standard InChI is InChI=1S/C24H31ClN2O2/c1-16(2)23-21(17-6-9-20(29-5)10-7-17)15-18-14-19(25)8-11-22(18)27(24(23)28)13-12-26(3)4/h6-11,14,16,21,23H,12-13,15H2,1-5H3/t21-,23+/m1/s1. The van der Waals surface area contributed by atoms with E-state index in [0.717, 1.165) is 30.0 Å². The first-order valence-corrected chi connectivity index (χ1v) is 10.6. The molecule has 2 aromatic carbocycles. The lowest BCUT2D eigenvalue weighted by molar-refractivity contribution is -0.124. The molecule has 2 aromatic rings. The number of amides is 1. The highest BCUT2D eigenvalue weighted by atomic mass is 35.5. The fraction of sp³-hybridized carbons (Fsp3) is 0.458. The van der Waals surface area contributed by atoms with Crippen molar-refractivity contribution in [3.8, 4) is 5.75 Å². The van der Waals surface area contributed by atoms with Gasteiger partial charge in [-0.05, 0) is 73.8 Å². The van der Waals surface area contributed by atoms with Crippen LogP contribution in [-0.4, -0.2) is 45.1 Å². The lowest BCUT2D eigenvalue weighted by Gasteiger charge is -2.31. The number of anilines is 1. The molecule has 1 heterocycles. The van der Waals surface area contributed by atoms with Crippen LogP contribution in [0.1, 0.15) is 30.9 Å². The van der Waals surface area contributed by atoms with E-state index in [2.05, 4.69) is 30.9 Å². The lowest BCUT2D eigenvalue weighted by Crippen LogP contribution is -2.42. The van der Waals surface area contributed by atoms with Gasteiger partial charge in [-0.2, -0.15) is 0 Å². The van der Waals surface area contributed by atoms with E-state index in [-0.39, 0.29) is 23.7 Å². The maximum Gasteiger partial charge on any atom is 0.231 e. The highest BCUT2D eigenvalue weighted by Gasteiger charge is 2.39. The number of hydrogen-bond acceptors (Lipinski definition) is 3. The summed E-state index contributed by atoms with van der Waals surface area (Å²) in [5, 5.41) is 0.709. The Labute approximate surface area is 179 Å². The molecule has 1 aliphatic heterocycles. The largest absolute Gasteiger partial charge is 0.497 e. The summed E-state index contributed by atoms with van der Waals surface area (Å²) in [6.45, 7) is 5.77. The van der Waals surface area contributed by atoms with E-state index < -0.39 is 0 Å². The Morgan fingerprint density at radius 1 is 1.17 bits per heavy atom. The van der Waals surface area contributed by atoms with Crippen molar-refractivity contribution in [1.82, 2.24) is 4.90 Å². The average molecular weight is 415 g/mol. The van der Waals surface area contributed by atoms with E-state index in [1.54, 1.807) is 7.11 Å². The molecule has 156 valence electrons. The van der Waals surface area contributed by atoms with Gasteiger partial charge in [-0.3, -0.25) is 4.79 Å². The molecule has 5 heteroatoms. The van der Waals surface area contributed by atoms with Crippen molar-refractivity contribution < 1.29 is 9.53 Å². The second-order valence-corrected chi connectivity index (χ2v) is 8.86. The topological polar surface area (TPSA) is 32.8 Å². The molecule has 2 atom stereocenters. The van der Waals surface area contributed by atoms with E-state index in [9.17, 15) is 4.79 Å². The van der Waals surface area contributed by atoms with Gasteiger partial charge in [0.15, 0.2) is 0 Å². The van der Waals surface area contributed by atoms with Crippen molar-refractivity contribution in [3.63, 3.8) is 0 Å². The van der Waals surface area contributed by atoms with Crippen LogP contribution >= 0.6 is 11.6 Å². The van der Waals surface area contributed by atoms with Crippen LogP contribution in [0.25, 0.3) is 0 Å². The van der Waals surface area contributed by atoms with Crippen LogP contribution in [0, 0.1) is 11.8 Å². The maximum absolute atomic E-state index is 13.8. The molecule has 1 amide bonds. The molecule has 3 rings (SSSR count). The third kappa shape index (κ3) is 4.76. The highest BCUT2D eigenvalue weighted by molar-refractivity contribution is 6.30. The number of fused-ring (bicyclic) bond motifs is 1. The summed E-state index contributed by atoms with van der Waals surface area (Å²) >= 11 is 6.35. The lowest BCUT2D eigenvalue weighted by atomic mass is 9.76. The van der Waals surface area contributed by atoms with Crippen LogP contribution < -0.4 is 9.64 Å². The summed E-state index contributed by atoms with van der Waals surface area (Å²) in [4.78, 5) is 17.9. The van der Waals surface area contributed by atoms with Gasteiger partial charge in [0.25, 0.3) is 0 Å². The van der Waals surface area contributed by atoms with E-state index in [0.29, 0.717) is 11.6 Å². The first-order chi connectivity index (χ1) is 13.8. The fourth-order valence-electron chi connectivity index (χ4n) is 4.27. The maximum atomic E-state index is 13.8. The quantitative estimate of drug-likeness (QED) is 0.677. The summed E-state index contributed by atoms with van der Waals surface area (Å²) in [6, 6.07) is 14.0. The molecular weight excluding hydrogens is 384 g/mol. The van der Waals surface area contributed by atoms with Crippen molar-refractivity contribution in [2.75, 3.05) is 39.2 Å². The van der Waals surface area contributed by atoms with Gasteiger partial charge in [-0.1, -0.05) is 37.6 Å². The molecule has 0 N–H and O–H groups in total. The number of hydrogen-bond donors (Lipinski definition) is 0. The molecule has 0 saturated carbocycles. The number of halogens is 1. The predicted octanol–water partition coefficient (Wildman–Crippen LogP) is 4.86. The second kappa shape index (κ2) is 9.19. The summed E-state index contributed by atoms with van der Waals surface area (Å²) in [5.74, 6) is 1.24. The molecule has 0 aliphatic carbocycles. The van der Waals surface area contributed by atoms with Crippen LogP contribution in [0.3, 0.4) is 0 Å². The predicted molar refractivity (Wildman–Crippen MR) is 120 cm³/mol. The first-order valence-electron chi connectivity index (χ1n) is 10.2. The minimum absolute atomic E-state index is 0.0926. The number of nitrogens with zero attached hydrogens (tertiary/aromatic N) is 2. The van der Waals surface area contributed by atoms with Crippen molar-refractivity contribution in [2.24, 2.45) is 11.8 Å². The molecule has 0 spiro atoms. The number of likely N-dealkylation sites (N-methyl/N-ethyl adjacent to an activating group) is 1. The number of carbonyl (C=O) groups is 1. The molecule has 0 unspecified atom stereocenters. The molecule has 4 nitrogen and oxygen atoms in total. The Bertz CT molecular complexity index is 848. The minimum atomic E-state index is -0.100. The van der Waals surface area contributed by atoms with Crippen LogP contribution in [0.15, 0.2) is 42.5 Å². The van der Waals surface area contributed by atoms with Crippen molar-refractivity contribution >= 4 is 23.2 Å². The van der Waals surface area contributed by atoms with Crippen LogP contribution in [0.5, 0.6) is 5.75 Å². The Balaban J connectivity index is 2.09. The zero-order chi connectivity index (χ0) is 21.1. The SMILES string of the molecule is COc1ccc([C@H]2Cc3cc(Cl)ccc3N(CCN(C)C)C(=O)[C@H]2C(C)C)cc1. The zero-order valence-electron chi connectivity index (χ0n) is 18.0. The highest BCUT2D eigenvalue weighted by Crippen LogP contribution is 2.42. The normalized spacial score (nSPS) is 19.4. The Hall–Kier alpha value is -2.04. The third-order valence-electron chi connectivity index (χ3n) is 5.79. The monoisotopic (exact) mass is 414 g/mol. The van der Waals surface area contributed by atoms with Gasteiger partial charge in [0, 0.05) is 29.7 Å². The number of benzene rings is 2. The van der Waals surface area contributed by atoms with Gasteiger partial charge < -0.3 is 14.5 Å². The summed E-state index contributed by atoms with van der Waals surface area (Å²) in [5.41, 5.74) is 3.29. The molecular formula is C24H31ClN2O2. The van der Waals surface area contributed by atoms with E-state index >= 15 is 0 Å². The summed E-state index contributed by atoms with van der Waals surface area (Å²) in [6.07, 6.45) is 0.787. The van der Waals surface area contributed by atoms with Gasteiger partial charge in [0.2, 0.25) is 5.91 Å². The van der Waals surface area contributed by atoms with Gasteiger partial charge in [0.05, 0.1) is 7.11 Å². The second-order valence-electron chi connectivity index (χ2n) is 8.42. The number of rotatable bonds is 6. The van der Waals surface area contributed by atoms with Crippen molar-refractivity contribution in [2.45, 2.75) is 26.2 Å². The molecule has 1 aliphatic rings. The molecule has 0 aromatic heterocycles. The zero-order valence-corrected chi connectivity index (χ0v) is 18.7. The van der Waals surface area contributed by atoms with Gasteiger partial charge in [-0.15, -0.1) is 0 Å². The fourth-order valence-corrected chi connectivity index (χ4v) is 4.47. The summed E-state index contributed by atoms with van der Waals surface area (Å²) < 4.78 is 5.32. The number of ether oxygens (including phenoxy) is 1. The van der Waals surface area contributed by atoms with Crippen molar-refractivity contribution in [3.05, 3.63) is 58.6 Å². The number of carbonyl (C=O) groups excluding carboxylic acids is 1. The van der Waals surface area contributed by atoms with E-state index in [1.807, 2.05) is 49.3 Å². The smallest absolute Gasteiger partial charge is 0.231 e. The number of methoxy groups -OCH3 is 1. The van der Waals surface area contributed by atoms with Crippen molar-refractivity contribution in [1.29, 1.82) is 0 Å². The molecule has 29 heavy (non-hydrogen) atoms. The average Bonchev–Trinajstić information content (AvgIpc) is 2.80. The molecule has 0 fully saturated rings. The van der Waals surface area contributed by atoms with Gasteiger partial charge >= 0.3 is 0 Å². The minimum Gasteiger partial charge on any atom is -0.497 e. The third-order valence-corrected chi connectivity index (χ3v) is 6.02.